The normalized spacial score (nSPS) is 10.5. The van der Waals surface area contributed by atoms with Crippen molar-refractivity contribution in [2.75, 3.05) is 0 Å². The summed E-state index contributed by atoms with van der Waals surface area (Å²) < 4.78 is 5.32. The molecule has 0 atom stereocenters. The molecule has 0 bridgehead atoms. The van der Waals surface area contributed by atoms with Crippen LogP contribution in [0.15, 0.2) is 52.6 Å². The molecule has 0 aliphatic heterocycles. The maximum atomic E-state index is 12.2. The first-order valence-electron chi connectivity index (χ1n) is 6.24. The first kappa shape index (κ1) is 13.9. The molecule has 0 spiro atoms. The molecule has 106 valence electrons. The van der Waals surface area contributed by atoms with Gasteiger partial charge in [0.1, 0.15) is 0 Å². The van der Waals surface area contributed by atoms with Crippen LogP contribution >= 0.6 is 22.9 Å². The molecule has 4 nitrogen and oxygen atoms in total. The molecule has 21 heavy (non-hydrogen) atoms. The number of nitrogens with zero attached hydrogens (tertiary/aromatic N) is 1. The lowest BCUT2D eigenvalue weighted by Crippen LogP contribution is -2.23. The number of hydrogen-bond acceptors (Lipinski definition) is 4. The van der Waals surface area contributed by atoms with Gasteiger partial charge in [-0.15, -0.1) is 11.3 Å². The van der Waals surface area contributed by atoms with Crippen LogP contribution in [0.5, 0.6) is 0 Å². The van der Waals surface area contributed by atoms with Gasteiger partial charge in [0.15, 0.2) is 17.8 Å². The summed E-state index contributed by atoms with van der Waals surface area (Å²) >= 11 is 7.32. The molecule has 0 radical (unpaired) electrons. The van der Waals surface area contributed by atoms with Gasteiger partial charge in [0.25, 0.3) is 5.91 Å². The van der Waals surface area contributed by atoms with Crippen LogP contribution in [0.1, 0.15) is 16.1 Å². The van der Waals surface area contributed by atoms with Crippen molar-refractivity contribution in [2.24, 2.45) is 0 Å². The second-order valence-corrected chi connectivity index (χ2v) is 5.70. The zero-order valence-electron chi connectivity index (χ0n) is 10.9. The molecule has 0 aliphatic rings. The topological polar surface area (TPSA) is 55.1 Å². The fourth-order valence-corrected chi connectivity index (χ4v) is 2.70. The molecule has 1 aromatic carbocycles. The molecule has 6 heteroatoms. The van der Waals surface area contributed by atoms with Crippen LogP contribution in [0.4, 0.5) is 0 Å². The van der Waals surface area contributed by atoms with E-state index in [1.807, 2.05) is 29.6 Å². The van der Waals surface area contributed by atoms with E-state index >= 15 is 0 Å². The van der Waals surface area contributed by atoms with E-state index in [2.05, 4.69) is 10.3 Å². The number of halogens is 1. The Morgan fingerprint density at radius 2 is 2.10 bits per heavy atom. The second-order valence-electron chi connectivity index (χ2n) is 4.32. The van der Waals surface area contributed by atoms with E-state index in [0.717, 1.165) is 10.4 Å². The molecule has 0 unspecified atom stereocenters. The van der Waals surface area contributed by atoms with Crippen LogP contribution in [0, 0.1) is 0 Å². The molecule has 0 saturated heterocycles. The molecule has 1 amide bonds. The highest BCUT2D eigenvalue weighted by Gasteiger charge is 2.18. The number of aromatic nitrogens is 1. The van der Waals surface area contributed by atoms with Crippen molar-refractivity contribution in [3.05, 3.63) is 64.5 Å². The molecular weight excluding hydrogens is 308 g/mol. The highest BCUT2D eigenvalue weighted by molar-refractivity contribution is 7.13. The van der Waals surface area contributed by atoms with Gasteiger partial charge < -0.3 is 9.73 Å². The lowest BCUT2D eigenvalue weighted by molar-refractivity contribution is 0.0947. The molecule has 0 fully saturated rings. The smallest absolute Gasteiger partial charge is 0.274 e. The number of thiophene rings is 1. The van der Waals surface area contributed by atoms with Crippen LogP contribution in [0.3, 0.4) is 0 Å². The Morgan fingerprint density at radius 1 is 1.29 bits per heavy atom. The van der Waals surface area contributed by atoms with Crippen molar-refractivity contribution in [3.8, 4) is 10.6 Å². The Balaban J connectivity index is 1.72. The van der Waals surface area contributed by atoms with Gasteiger partial charge in [0.05, 0.1) is 4.88 Å². The van der Waals surface area contributed by atoms with Gasteiger partial charge in [-0.25, -0.2) is 4.98 Å². The fourth-order valence-electron chi connectivity index (χ4n) is 1.86. The number of hydrogen-bond donors (Lipinski definition) is 1. The third-order valence-electron chi connectivity index (χ3n) is 2.89. The number of oxazole rings is 1. The summed E-state index contributed by atoms with van der Waals surface area (Å²) in [6, 6.07) is 11.1. The molecule has 1 N–H and O–H groups in total. The zero-order chi connectivity index (χ0) is 14.7. The largest absolute Gasteiger partial charge is 0.442 e. The van der Waals surface area contributed by atoms with Crippen LogP contribution in [0.2, 0.25) is 5.02 Å². The van der Waals surface area contributed by atoms with Gasteiger partial charge in [-0.3, -0.25) is 4.79 Å². The lowest BCUT2D eigenvalue weighted by atomic mass is 10.2. The summed E-state index contributed by atoms with van der Waals surface area (Å²) in [5, 5.41) is 5.42. The fraction of sp³-hybridized carbons (Fsp3) is 0.0667. The van der Waals surface area contributed by atoms with E-state index in [4.69, 9.17) is 16.0 Å². The Labute approximate surface area is 130 Å². The number of rotatable bonds is 4. The number of carbonyl (C=O) groups is 1. The molecule has 2 heterocycles. The van der Waals surface area contributed by atoms with Crippen LogP contribution < -0.4 is 5.32 Å². The second kappa shape index (κ2) is 6.11. The average molecular weight is 319 g/mol. The van der Waals surface area contributed by atoms with E-state index in [-0.39, 0.29) is 5.91 Å². The Kier molecular flexibility index (Phi) is 4.03. The third kappa shape index (κ3) is 3.15. The standard InChI is InChI=1S/C15H11ClN2O2S/c16-11-5-3-10(4-6-11)8-17-15(19)13-14(20-9-18-13)12-2-1-7-21-12/h1-7,9H,8H2,(H,17,19). The van der Waals surface area contributed by atoms with E-state index in [1.165, 1.54) is 17.7 Å². The van der Waals surface area contributed by atoms with E-state index in [1.54, 1.807) is 12.1 Å². The van der Waals surface area contributed by atoms with Gasteiger partial charge in [-0.2, -0.15) is 0 Å². The van der Waals surface area contributed by atoms with Gasteiger partial charge >= 0.3 is 0 Å². The first-order valence-corrected chi connectivity index (χ1v) is 7.50. The van der Waals surface area contributed by atoms with Gasteiger partial charge in [-0.05, 0) is 29.1 Å². The van der Waals surface area contributed by atoms with Gasteiger partial charge in [-0.1, -0.05) is 29.8 Å². The SMILES string of the molecule is O=C(NCc1ccc(Cl)cc1)c1ncoc1-c1cccs1. The summed E-state index contributed by atoms with van der Waals surface area (Å²) in [6.07, 6.45) is 1.28. The van der Waals surface area contributed by atoms with E-state index in [0.29, 0.717) is 23.0 Å². The zero-order valence-corrected chi connectivity index (χ0v) is 12.4. The number of benzene rings is 1. The maximum absolute atomic E-state index is 12.2. The Morgan fingerprint density at radius 3 is 2.81 bits per heavy atom. The average Bonchev–Trinajstić information content (AvgIpc) is 3.16. The summed E-state index contributed by atoms with van der Waals surface area (Å²) in [6.45, 7) is 0.409. The Hall–Kier alpha value is -2.11. The number of nitrogens with one attached hydrogen (secondary N) is 1. The van der Waals surface area contributed by atoms with Crippen LogP contribution in [0.25, 0.3) is 10.6 Å². The van der Waals surface area contributed by atoms with Gasteiger partial charge in [0, 0.05) is 11.6 Å². The van der Waals surface area contributed by atoms with Crippen LogP contribution in [-0.4, -0.2) is 10.9 Å². The number of carbonyl (C=O) groups excluding carboxylic acids is 1. The van der Waals surface area contributed by atoms with Crippen molar-refractivity contribution in [1.82, 2.24) is 10.3 Å². The molecule has 3 aromatic rings. The van der Waals surface area contributed by atoms with Crippen molar-refractivity contribution >= 4 is 28.8 Å². The predicted molar refractivity (Wildman–Crippen MR) is 82.4 cm³/mol. The summed E-state index contributed by atoms with van der Waals surface area (Å²) in [4.78, 5) is 17.1. The maximum Gasteiger partial charge on any atom is 0.274 e. The summed E-state index contributed by atoms with van der Waals surface area (Å²) in [5.74, 6) is 0.237. The van der Waals surface area contributed by atoms with Crippen molar-refractivity contribution in [1.29, 1.82) is 0 Å². The van der Waals surface area contributed by atoms with Crippen molar-refractivity contribution in [2.45, 2.75) is 6.54 Å². The summed E-state index contributed by atoms with van der Waals surface area (Å²) in [5.41, 5.74) is 1.26. The van der Waals surface area contributed by atoms with Crippen molar-refractivity contribution in [3.63, 3.8) is 0 Å². The minimum Gasteiger partial charge on any atom is -0.442 e. The highest BCUT2D eigenvalue weighted by Crippen LogP contribution is 2.27. The predicted octanol–water partition coefficient (Wildman–Crippen LogP) is 3.99. The van der Waals surface area contributed by atoms with E-state index < -0.39 is 0 Å². The first-order chi connectivity index (χ1) is 10.2. The number of amides is 1. The monoisotopic (exact) mass is 318 g/mol. The highest BCUT2D eigenvalue weighted by atomic mass is 35.5. The molecule has 0 saturated carbocycles. The quantitative estimate of drug-likeness (QED) is 0.791. The summed E-state index contributed by atoms with van der Waals surface area (Å²) in [7, 11) is 0. The lowest BCUT2D eigenvalue weighted by Gasteiger charge is -2.04. The minimum atomic E-state index is -0.262. The Bertz CT molecular complexity index is 735. The minimum absolute atomic E-state index is 0.262. The van der Waals surface area contributed by atoms with E-state index in [9.17, 15) is 4.79 Å². The van der Waals surface area contributed by atoms with Crippen LogP contribution in [-0.2, 0) is 6.54 Å². The van der Waals surface area contributed by atoms with Crippen molar-refractivity contribution < 1.29 is 9.21 Å². The molecule has 2 aromatic heterocycles. The third-order valence-corrected chi connectivity index (χ3v) is 4.01. The molecule has 0 aliphatic carbocycles. The molecule has 3 rings (SSSR count). The molecular formula is C15H11ClN2O2S. The van der Waals surface area contributed by atoms with Gasteiger partial charge in [0.2, 0.25) is 0 Å².